The van der Waals surface area contributed by atoms with E-state index in [1.807, 2.05) is 0 Å². The summed E-state index contributed by atoms with van der Waals surface area (Å²) in [5, 5.41) is 0. The first-order valence-electron chi connectivity index (χ1n) is 3.22. The minimum atomic E-state index is -4.63. The van der Waals surface area contributed by atoms with Crippen molar-refractivity contribution in [2.75, 3.05) is 0 Å². The Morgan fingerprint density at radius 2 is 2.08 bits per heavy atom. The van der Waals surface area contributed by atoms with E-state index in [0.717, 1.165) is 0 Å². The van der Waals surface area contributed by atoms with Crippen LogP contribution in [0.1, 0.15) is 5.56 Å². The van der Waals surface area contributed by atoms with Gasteiger partial charge in [0.25, 0.3) is 0 Å². The Hall–Kier alpha value is -1.19. The maximum atomic E-state index is 11.7. The third-order valence-electron chi connectivity index (χ3n) is 1.24. The Morgan fingerprint density at radius 3 is 2.58 bits per heavy atom. The zero-order valence-electron chi connectivity index (χ0n) is 6.27. The van der Waals surface area contributed by atoms with Gasteiger partial charge in [-0.1, -0.05) is 12.1 Å². The lowest BCUT2D eigenvalue weighted by molar-refractivity contribution is -0.274. The molecule has 0 aliphatic heterocycles. The molecule has 1 rings (SSSR count). The molecule has 12 heavy (non-hydrogen) atoms. The molecule has 0 N–H and O–H groups in total. The fourth-order valence-electron chi connectivity index (χ4n) is 0.740. The minimum absolute atomic E-state index is 0.204. The van der Waals surface area contributed by atoms with Gasteiger partial charge in [-0.15, -0.1) is 13.2 Å². The van der Waals surface area contributed by atoms with Crippen LogP contribution in [0.3, 0.4) is 0 Å². The van der Waals surface area contributed by atoms with Gasteiger partial charge >= 0.3 is 6.36 Å². The van der Waals surface area contributed by atoms with Crippen LogP contribution in [0, 0.1) is 13.0 Å². The Labute approximate surface area is 67.8 Å². The number of halogens is 3. The number of benzene rings is 1. The molecule has 0 spiro atoms. The van der Waals surface area contributed by atoms with Gasteiger partial charge in [-0.2, -0.15) is 0 Å². The molecule has 1 radical (unpaired) electrons. The summed E-state index contributed by atoms with van der Waals surface area (Å²) in [7, 11) is 0. The van der Waals surface area contributed by atoms with Gasteiger partial charge in [-0.3, -0.25) is 0 Å². The van der Waals surface area contributed by atoms with Crippen molar-refractivity contribution in [3.63, 3.8) is 0 Å². The van der Waals surface area contributed by atoms with Crippen LogP contribution in [0.4, 0.5) is 13.2 Å². The van der Waals surface area contributed by atoms with Crippen LogP contribution in [0.5, 0.6) is 5.75 Å². The topological polar surface area (TPSA) is 9.23 Å². The van der Waals surface area contributed by atoms with Crippen molar-refractivity contribution in [1.82, 2.24) is 0 Å². The Balaban J connectivity index is 2.83. The molecule has 0 unspecified atom stereocenters. The van der Waals surface area contributed by atoms with Gasteiger partial charge in [0.1, 0.15) is 5.75 Å². The number of ether oxygens (including phenoxy) is 1. The lowest BCUT2D eigenvalue weighted by Gasteiger charge is -2.09. The first-order chi connectivity index (χ1) is 5.49. The van der Waals surface area contributed by atoms with Crippen molar-refractivity contribution in [2.24, 2.45) is 0 Å². The summed E-state index contributed by atoms with van der Waals surface area (Å²) >= 11 is 0. The van der Waals surface area contributed by atoms with Crippen LogP contribution >= 0.6 is 0 Å². The molecule has 0 aliphatic rings. The monoisotopic (exact) mass is 175 g/mol. The second kappa shape index (κ2) is 3.05. The number of alkyl halides is 3. The van der Waals surface area contributed by atoms with Gasteiger partial charge < -0.3 is 4.74 Å². The highest BCUT2D eigenvalue weighted by atomic mass is 19.4. The molecular formula is C8H6F3O. The average molecular weight is 175 g/mol. The first-order valence-corrected chi connectivity index (χ1v) is 3.22. The molecule has 1 aromatic carbocycles. The normalized spacial score (nSPS) is 11.3. The van der Waals surface area contributed by atoms with E-state index in [0.29, 0.717) is 5.56 Å². The molecule has 65 valence electrons. The highest BCUT2D eigenvalue weighted by Crippen LogP contribution is 2.24. The number of aryl methyl sites for hydroxylation is 1. The molecular weight excluding hydrogens is 169 g/mol. The van der Waals surface area contributed by atoms with E-state index in [1.54, 1.807) is 0 Å². The summed E-state index contributed by atoms with van der Waals surface area (Å²) in [5.74, 6) is -0.204. The van der Waals surface area contributed by atoms with Gasteiger partial charge in [0, 0.05) is 0 Å². The maximum absolute atomic E-state index is 11.7. The van der Waals surface area contributed by atoms with Crippen molar-refractivity contribution in [3.8, 4) is 5.75 Å². The number of rotatable bonds is 1. The fourth-order valence-corrected chi connectivity index (χ4v) is 0.740. The molecule has 4 heteroatoms. The third-order valence-corrected chi connectivity index (χ3v) is 1.24. The van der Waals surface area contributed by atoms with Crippen LogP contribution in [0.15, 0.2) is 18.2 Å². The molecule has 0 fully saturated rings. The lowest BCUT2D eigenvalue weighted by atomic mass is 10.2. The van der Waals surface area contributed by atoms with Crippen LogP contribution in [0.25, 0.3) is 0 Å². The average Bonchev–Trinajstić information content (AvgIpc) is 1.91. The second-order valence-corrected chi connectivity index (χ2v) is 2.21. The molecule has 0 amide bonds. The highest BCUT2D eigenvalue weighted by Gasteiger charge is 2.31. The van der Waals surface area contributed by atoms with Crippen molar-refractivity contribution < 1.29 is 17.9 Å². The SMILES string of the molecule is Cc1[c]cccc1OC(F)(F)F. The van der Waals surface area contributed by atoms with Gasteiger partial charge in [-0.05, 0) is 24.6 Å². The fraction of sp³-hybridized carbons (Fsp3) is 0.250. The van der Waals surface area contributed by atoms with Crippen LogP contribution in [0.2, 0.25) is 0 Å². The predicted octanol–water partition coefficient (Wildman–Crippen LogP) is 2.69. The van der Waals surface area contributed by atoms with Gasteiger partial charge in [0.05, 0.1) is 0 Å². The molecule has 0 heterocycles. The molecule has 0 bridgehead atoms. The van der Waals surface area contributed by atoms with E-state index in [1.165, 1.54) is 25.1 Å². The predicted molar refractivity (Wildman–Crippen MR) is 36.7 cm³/mol. The second-order valence-electron chi connectivity index (χ2n) is 2.21. The van der Waals surface area contributed by atoms with Crippen LogP contribution < -0.4 is 4.74 Å². The number of hydrogen-bond donors (Lipinski definition) is 0. The van der Waals surface area contributed by atoms with Crippen molar-refractivity contribution in [1.29, 1.82) is 0 Å². The lowest BCUT2D eigenvalue weighted by Crippen LogP contribution is -2.17. The largest absolute Gasteiger partial charge is 0.573 e. The van der Waals surface area contributed by atoms with E-state index < -0.39 is 6.36 Å². The summed E-state index contributed by atoms with van der Waals surface area (Å²) in [6.07, 6.45) is -4.63. The van der Waals surface area contributed by atoms with Crippen molar-refractivity contribution in [3.05, 3.63) is 29.8 Å². The minimum Gasteiger partial charge on any atom is -0.405 e. The highest BCUT2D eigenvalue weighted by molar-refractivity contribution is 5.30. The molecule has 0 saturated carbocycles. The summed E-state index contributed by atoms with van der Waals surface area (Å²) in [6, 6.07) is 6.81. The van der Waals surface area contributed by atoms with E-state index in [2.05, 4.69) is 10.8 Å². The first kappa shape index (κ1) is 8.90. The van der Waals surface area contributed by atoms with E-state index >= 15 is 0 Å². The van der Waals surface area contributed by atoms with Crippen LogP contribution in [-0.4, -0.2) is 6.36 Å². The van der Waals surface area contributed by atoms with E-state index in [9.17, 15) is 13.2 Å². The number of hydrogen-bond acceptors (Lipinski definition) is 1. The van der Waals surface area contributed by atoms with E-state index in [-0.39, 0.29) is 5.75 Å². The molecule has 1 nitrogen and oxygen atoms in total. The van der Waals surface area contributed by atoms with Gasteiger partial charge in [-0.25, -0.2) is 0 Å². The maximum Gasteiger partial charge on any atom is 0.573 e. The quantitative estimate of drug-likeness (QED) is 0.637. The Kier molecular flexibility index (Phi) is 2.26. The van der Waals surface area contributed by atoms with Gasteiger partial charge in [0.15, 0.2) is 0 Å². The molecule has 0 atom stereocenters. The molecule has 0 saturated heterocycles. The Bertz CT molecular complexity index is 267. The molecule has 0 aromatic heterocycles. The van der Waals surface area contributed by atoms with Gasteiger partial charge in [0.2, 0.25) is 0 Å². The van der Waals surface area contributed by atoms with Crippen molar-refractivity contribution >= 4 is 0 Å². The third kappa shape index (κ3) is 2.45. The summed E-state index contributed by atoms with van der Waals surface area (Å²) < 4.78 is 38.8. The van der Waals surface area contributed by atoms with Crippen molar-refractivity contribution in [2.45, 2.75) is 13.3 Å². The molecule has 1 aromatic rings. The smallest absolute Gasteiger partial charge is 0.405 e. The summed E-state index contributed by atoms with van der Waals surface area (Å²) in [5.41, 5.74) is 0.342. The standard InChI is InChI=1S/C8H6F3O/c1-6-4-2-3-5-7(6)12-8(9,10)11/h2-3,5H,1H3. The van der Waals surface area contributed by atoms with E-state index in [4.69, 9.17) is 0 Å². The summed E-state index contributed by atoms with van der Waals surface area (Å²) in [6.45, 7) is 1.50. The Morgan fingerprint density at radius 1 is 1.42 bits per heavy atom. The summed E-state index contributed by atoms with van der Waals surface area (Å²) in [4.78, 5) is 0. The van der Waals surface area contributed by atoms with Crippen LogP contribution in [-0.2, 0) is 0 Å². The zero-order valence-corrected chi connectivity index (χ0v) is 6.27. The molecule has 0 aliphatic carbocycles. The zero-order chi connectivity index (χ0) is 9.19.